The summed E-state index contributed by atoms with van der Waals surface area (Å²) in [5.74, 6) is 0.954. The zero-order valence-corrected chi connectivity index (χ0v) is 10.4. The Morgan fingerprint density at radius 2 is 2.27 bits per heavy atom. The molecule has 0 amide bonds. The summed E-state index contributed by atoms with van der Waals surface area (Å²) in [5, 5.41) is 9.39. The topological polar surface area (TPSA) is 48.6 Å². The molecule has 0 saturated carbocycles. The summed E-state index contributed by atoms with van der Waals surface area (Å²) < 4.78 is 11.6. The highest BCUT2D eigenvalue weighted by molar-refractivity contribution is 8.15. The third kappa shape index (κ3) is 5.42. The van der Waals surface area contributed by atoms with Crippen molar-refractivity contribution in [3.63, 3.8) is 0 Å². The van der Waals surface area contributed by atoms with Gasteiger partial charge in [0.15, 0.2) is 5.04 Å². The van der Waals surface area contributed by atoms with E-state index < -0.39 is 0 Å². The normalized spacial score (nSPS) is 18.8. The molecular weight excluding hydrogens is 230 g/mol. The molecule has 0 radical (unpaired) electrons. The molecule has 1 heterocycles. The van der Waals surface area contributed by atoms with Gasteiger partial charge < -0.3 is 4.74 Å². The van der Waals surface area contributed by atoms with Crippen LogP contribution in [-0.2, 0) is 4.74 Å². The predicted octanol–water partition coefficient (Wildman–Crippen LogP) is 1.95. The predicted molar refractivity (Wildman–Crippen MR) is 65.8 cm³/mol. The van der Waals surface area contributed by atoms with Gasteiger partial charge in [0.2, 0.25) is 0 Å². The molecule has 0 atom stereocenters. The molecule has 15 heavy (non-hydrogen) atoms. The third-order valence-corrected chi connectivity index (χ3v) is 3.79. The Bertz CT molecular complexity index is 246. The molecule has 0 aromatic rings. The number of hydrogen-bond acceptors (Lipinski definition) is 6. The van der Waals surface area contributed by atoms with Crippen LogP contribution in [0.5, 0.6) is 0 Å². The lowest BCUT2D eigenvalue weighted by atomic mass is 10.5. The van der Waals surface area contributed by atoms with Crippen LogP contribution < -0.4 is 0 Å². The summed E-state index contributed by atoms with van der Waals surface area (Å²) in [6.45, 7) is 5.37. The molecule has 1 aliphatic heterocycles. The Labute approximate surface area is 99.3 Å². The molecule has 6 heteroatoms. The van der Waals surface area contributed by atoms with Gasteiger partial charge in [0.1, 0.15) is 6.07 Å². The molecule has 84 valence electrons. The first-order valence-corrected chi connectivity index (χ1v) is 6.69. The van der Waals surface area contributed by atoms with Crippen LogP contribution >= 0.6 is 23.9 Å². The van der Waals surface area contributed by atoms with E-state index in [0.29, 0.717) is 5.04 Å². The van der Waals surface area contributed by atoms with Crippen LogP contribution in [0.3, 0.4) is 0 Å². The van der Waals surface area contributed by atoms with Crippen molar-refractivity contribution >= 4 is 28.9 Å². The van der Waals surface area contributed by atoms with Crippen molar-refractivity contribution in [3.8, 4) is 6.07 Å². The molecule has 1 saturated heterocycles. The van der Waals surface area contributed by atoms with Gasteiger partial charge in [0.25, 0.3) is 0 Å². The first-order valence-electron chi connectivity index (χ1n) is 4.97. The van der Waals surface area contributed by atoms with Crippen molar-refractivity contribution in [2.24, 2.45) is 4.40 Å². The monoisotopic (exact) mass is 245 g/mol. The van der Waals surface area contributed by atoms with Crippen LogP contribution in [-0.4, -0.2) is 41.4 Å². The van der Waals surface area contributed by atoms with Crippen LogP contribution in [0.15, 0.2) is 4.40 Å². The van der Waals surface area contributed by atoms with E-state index in [-0.39, 0.29) is 0 Å². The molecule has 1 aliphatic rings. The highest BCUT2D eigenvalue weighted by Gasteiger charge is 2.10. The second kappa shape index (κ2) is 7.99. The number of thioether (sulfide) groups is 1. The fraction of sp³-hybridized carbons (Fsp3) is 0.778. The van der Waals surface area contributed by atoms with Crippen molar-refractivity contribution < 1.29 is 4.74 Å². The summed E-state index contributed by atoms with van der Waals surface area (Å²) in [6.07, 6.45) is 1.06. The lowest BCUT2D eigenvalue weighted by Gasteiger charge is -2.22. The third-order valence-electron chi connectivity index (χ3n) is 1.75. The Morgan fingerprint density at radius 1 is 1.53 bits per heavy atom. The SMILES string of the molecule is CCCSC(C#N)=NSN1CCOCC1. The van der Waals surface area contributed by atoms with Gasteiger partial charge in [-0.2, -0.15) is 9.66 Å². The van der Waals surface area contributed by atoms with E-state index in [1.807, 2.05) is 0 Å². The van der Waals surface area contributed by atoms with E-state index in [9.17, 15) is 0 Å². The first kappa shape index (κ1) is 12.8. The fourth-order valence-electron chi connectivity index (χ4n) is 1.00. The second-order valence-corrected chi connectivity index (χ2v) is 4.93. The minimum Gasteiger partial charge on any atom is -0.379 e. The number of nitriles is 1. The average molecular weight is 245 g/mol. The molecule has 0 unspecified atom stereocenters. The van der Waals surface area contributed by atoms with Crippen molar-refractivity contribution in [3.05, 3.63) is 0 Å². The van der Waals surface area contributed by atoms with E-state index in [1.165, 1.54) is 23.9 Å². The molecule has 1 rings (SSSR count). The molecular formula is C9H15N3OS2. The van der Waals surface area contributed by atoms with E-state index >= 15 is 0 Å². The molecule has 0 aromatic carbocycles. The van der Waals surface area contributed by atoms with Crippen LogP contribution in [0.25, 0.3) is 0 Å². The Kier molecular flexibility index (Phi) is 6.85. The van der Waals surface area contributed by atoms with Crippen molar-refractivity contribution in [2.75, 3.05) is 32.1 Å². The number of ether oxygens (including phenoxy) is 1. The van der Waals surface area contributed by atoms with Crippen molar-refractivity contribution in [1.82, 2.24) is 4.31 Å². The number of nitrogens with zero attached hydrogens (tertiary/aromatic N) is 3. The maximum atomic E-state index is 8.82. The number of hydrogen-bond donors (Lipinski definition) is 0. The van der Waals surface area contributed by atoms with Gasteiger partial charge in [-0.1, -0.05) is 18.7 Å². The van der Waals surface area contributed by atoms with Gasteiger partial charge >= 0.3 is 0 Å². The maximum absolute atomic E-state index is 8.82. The van der Waals surface area contributed by atoms with Gasteiger partial charge in [0, 0.05) is 13.1 Å². The van der Waals surface area contributed by atoms with Gasteiger partial charge in [-0.15, -0.1) is 0 Å². The molecule has 0 spiro atoms. The van der Waals surface area contributed by atoms with Crippen molar-refractivity contribution in [2.45, 2.75) is 13.3 Å². The lowest BCUT2D eigenvalue weighted by molar-refractivity contribution is 0.0773. The van der Waals surface area contributed by atoms with Gasteiger partial charge in [-0.05, 0) is 12.2 Å². The molecule has 0 bridgehead atoms. The zero-order chi connectivity index (χ0) is 10.9. The smallest absolute Gasteiger partial charge is 0.183 e. The van der Waals surface area contributed by atoms with E-state index in [1.54, 1.807) is 0 Å². The minimum absolute atomic E-state index is 0.563. The minimum atomic E-state index is 0.563. The molecule has 1 fully saturated rings. The molecule has 0 N–H and O–H groups in total. The van der Waals surface area contributed by atoms with Gasteiger partial charge in [-0.3, -0.25) is 0 Å². The standard InChI is InChI=1S/C9H15N3OS2/c1-2-7-14-9(8-10)11-15-12-3-5-13-6-4-12/h2-7H2,1H3. The fourth-order valence-corrected chi connectivity index (χ4v) is 2.32. The highest BCUT2D eigenvalue weighted by Crippen LogP contribution is 2.16. The van der Waals surface area contributed by atoms with Gasteiger partial charge in [0.05, 0.1) is 25.3 Å². The van der Waals surface area contributed by atoms with Crippen molar-refractivity contribution in [1.29, 1.82) is 5.26 Å². The summed E-state index contributed by atoms with van der Waals surface area (Å²) in [5.41, 5.74) is 0. The second-order valence-electron chi connectivity index (χ2n) is 2.98. The van der Waals surface area contributed by atoms with Crippen LogP contribution in [0.1, 0.15) is 13.3 Å². The quantitative estimate of drug-likeness (QED) is 0.430. The van der Waals surface area contributed by atoms with Crippen LogP contribution in [0.4, 0.5) is 0 Å². The molecule has 0 aliphatic carbocycles. The summed E-state index contributed by atoms with van der Waals surface area (Å²) >= 11 is 2.90. The maximum Gasteiger partial charge on any atom is 0.183 e. The highest BCUT2D eigenvalue weighted by atomic mass is 32.2. The number of morpholine rings is 1. The Morgan fingerprint density at radius 3 is 2.87 bits per heavy atom. The average Bonchev–Trinajstić information content (AvgIpc) is 2.31. The molecule has 0 aromatic heterocycles. The largest absolute Gasteiger partial charge is 0.379 e. The van der Waals surface area contributed by atoms with Crippen LogP contribution in [0.2, 0.25) is 0 Å². The summed E-state index contributed by atoms with van der Waals surface area (Å²) in [6, 6.07) is 2.11. The van der Waals surface area contributed by atoms with Crippen LogP contribution in [0, 0.1) is 11.3 Å². The zero-order valence-electron chi connectivity index (χ0n) is 8.81. The lowest BCUT2D eigenvalue weighted by Crippen LogP contribution is -2.30. The van der Waals surface area contributed by atoms with Gasteiger partial charge in [-0.25, -0.2) is 4.31 Å². The Hall–Kier alpha value is -0.220. The number of rotatable bonds is 4. The molecule has 4 nitrogen and oxygen atoms in total. The van der Waals surface area contributed by atoms with E-state index in [0.717, 1.165) is 38.5 Å². The van der Waals surface area contributed by atoms with E-state index in [4.69, 9.17) is 10.00 Å². The Balaban J connectivity index is 2.29. The summed E-state index contributed by atoms with van der Waals surface area (Å²) in [7, 11) is 0. The first-order chi connectivity index (χ1) is 7.36. The summed E-state index contributed by atoms with van der Waals surface area (Å²) in [4.78, 5) is 0. The van der Waals surface area contributed by atoms with E-state index in [2.05, 4.69) is 21.7 Å².